The standard InChI is InChI=1S/C11H11ClF5NO2/c1-19-6-4-3-5(8(20-2)7(6)12)9(18)10(13,14)11(15,16)17/h3-4,9H,18H2,1-2H3. The molecule has 0 aliphatic carbocycles. The van der Waals surface area contributed by atoms with E-state index in [4.69, 9.17) is 26.8 Å². The molecular weight excluding hydrogens is 309 g/mol. The molecule has 0 saturated heterocycles. The predicted molar refractivity (Wildman–Crippen MR) is 62.5 cm³/mol. The van der Waals surface area contributed by atoms with E-state index in [0.717, 1.165) is 19.2 Å². The Labute approximate surface area is 116 Å². The van der Waals surface area contributed by atoms with Crippen molar-refractivity contribution in [3.05, 3.63) is 22.7 Å². The van der Waals surface area contributed by atoms with Gasteiger partial charge >= 0.3 is 12.1 Å². The summed E-state index contributed by atoms with van der Waals surface area (Å²) in [5.74, 6) is -5.45. The van der Waals surface area contributed by atoms with Gasteiger partial charge in [0.05, 0.1) is 14.2 Å². The summed E-state index contributed by atoms with van der Waals surface area (Å²) in [5.41, 5.74) is 4.48. The van der Waals surface area contributed by atoms with Crippen LogP contribution in [0.5, 0.6) is 11.5 Å². The topological polar surface area (TPSA) is 44.5 Å². The van der Waals surface area contributed by atoms with Crippen LogP contribution in [0, 0.1) is 0 Å². The fourth-order valence-corrected chi connectivity index (χ4v) is 1.86. The lowest BCUT2D eigenvalue weighted by Gasteiger charge is -2.27. The summed E-state index contributed by atoms with van der Waals surface area (Å²) < 4.78 is 73.1. The van der Waals surface area contributed by atoms with Gasteiger partial charge < -0.3 is 15.2 Å². The van der Waals surface area contributed by atoms with E-state index in [1.807, 2.05) is 0 Å². The van der Waals surface area contributed by atoms with Crippen LogP contribution < -0.4 is 15.2 Å². The Morgan fingerprint density at radius 1 is 1.10 bits per heavy atom. The Hall–Kier alpha value is -1.28. The van der Waals surface area contributed by atoms with E-state index in [-0.39, 0.29) is 16.5 Å². The highest BCUT2D eigenvalue weighted by atomic mass is 35.5. The van der Waals surface area contributed by atoms with Crippen molar-refractivity contribution in [1.29, 1.82) is 0 Å². The number of rotatable bonds is 4. The monoisotopic (exact) mass is 319 g/mol. The lowest BCUT2D eigenvalue weighted by Crippen LogP contribution is -2.46. The first kappa shape index (κ1) is 16.8. The van der Waals surface area contributed by atoms with Gasteiger partial charge in [-0.2, -0.15) is 22.0 Å². The van der Waals surface area contributed by atoms with Crippen LogP contribution in [0.3, 0.4) is 0 Å². The Morgan fingerprint density at radius 2 is 1.65 bits per heavy atom. The molecule has 0 saturated carbocycles. The van der Waals surface area contributed by atoms with Crippen molar-refractivity contribution in [2.45, 2.75) is 18.1 Å². The minimum absolute atomic E-state index is 0.0646. The van der Waals surface area contributed by atoms with Gasteiger partial charge in [-0.1, -0.05) is 11.6 Å². The van der Waals surface area contributed by atoms with Gasteiger partial charge in [-0.05, 0) is 12.1 Å². The summed E-state index contributed by atoms with van der Waals surface area (Å²) >= 11 is 5.79. The van der Waals surface area contributed by atoms with Crippen molar-refractivity contribution in [3.8, 4) is 11.5 Å². The molecular formula is C11H11ClF5NO2. The summed E-state index contributed by atoms with van der Waals surface area (Å²) in [6.45, 7) is 0. The first-order chi connectivity index (χ1) is 9.07. The number of ether oxygens (including phenoxy) is 2. The van der Waals surface area contributed by atoms with Gasteiger partial charge in [0.25, 0.3) is 0 Å². The van der Waals surface area contributed by atoms with Crippen molar-refractivity contribution < 1.29 is 31.4 Å². The highest BCUT2D eigenvalue weighted by molar-refractivity contribution is 6.33. The molecule has 1 aromatic carbocycles. The third kappa shape index (κ3) is 2.76. The lowest BCUT2D eigenvalue weighted by atomic mass is 9.99. The zero-order valence-electron chi connectivity index (χ0n) is 10.4. The number of nitrogens with two attached hydrogens (primary N) is 1. The third-order valence-corrected chi connectivity index (χ3v) is 2.98. The van der Waals surface area contributed by atoms with Crippen molar-refractivity contribution in [2.24, 2.45) is 5.73 Å². The quantitative estimate of drug-likeness (QED) is 0.863. The van der Waals surface area contributed by atoms with Crippen molar-refractivity contribution in [1.82, 2.24) is 0 Å². The van der Waals surface area contributed by atoms with Crippen LogP contribution in [0.4, 0.5) is 22.0 Å². The van der Waals surface area contributed by atoms with E-state index < -0.39 is 23.7 Å². The van der Waals surface area contributed by atoms with Gasteiger partial charge in [0.2, 0.25) is 0 Å². The summed E-state index contributed by atoms with van der Waals surface area (Å²) in [4.78, 5) is 0. The maximum Gasteiger partial charge on any atom is 0.455 e. The molecule has 3 nitrogen and oxygen atoms in total. The molecule has 0 aromatic heterocycles. The molecule has 1 atom stereocenters. The molecule has 0 bridgehead atoms. The molecule has 0 heterocycles. The smallest absolute Gasteiger partial charge is 0.455 e. The molecule has 20 heavy (non-hydrogen) atoms. The summed E-state index contributed by atoms with van der Waals surface area (Å²) in [5, 5.41) is -0.235. The van der Waals surface area contributed by atoms with Crippen LogP contribution >= 0.6 is 11.6 Å². The SMILES string of the molecule is COc1ccc(C(N)C(F)(F)C(F)(F)F)c(OC)c1Cl. The number of halogens is 6. The second-order valence-corrected chi connectivity index (χ2v) is 4.18. The zero-order valence-corrected chi connectivity index (χ0v) is 11.1. The van der Waals surface area contributed by atoms with E-state index in [9.17, 15) is 22.0 Å². The molecule has 0 fully saturated rings. The Bertz CT molecular complexity index is 492. The van der Waals surface area contributed by atoms with Gasteiger partial charge in [-0.3, -0.25) is 0 Å². The van der Waals surface area contributed by atoms with E-state index >= 15 is 0 Å². The minimum Gasteiger partial charge on any atom is -0.495 e. The van der Waals surface area contributed by atoms with E-state index in [1.54, 1.807) is 0 Å². The Balaban J connectivity index is 3.37. The summed E-state index contributed by atoms with van der Waals surface area (Å²) in [7, 11) is 2.33. The molecule has 0 spiro atoms. The van der Waals surface area contributed by atoms with Crippen molar-refractivity contribution >= 4 is 11.6 Å². The molecule has 1 aromatic rings. The third-order valence-electron chi connectivity index (χ3n) is 2.62. The molecule has 0 aliphatic rings. The Morgan fingerprint density at radius 3 is 2.05 bits per heavy atom. The van der Waals surface area contributed by atoms with Gasteiger partial charge in [-0.25, -0.2) is 0 Å². The highest BCUT2D eigenvalue weighted by Crippen LogP contribution is 2.47. The zero-order chi connectivity index (χ0) is 15.7. The molecule has 0 amide bonds. The maximum absolute atomic E-state index is 13.3. The van der Waals surface area contributed by atoms with Crippen LogP contribution in [-0.2, 0) is 0 Å². The van der Waals surface area contributed by atoms with Gasteiger partial charge in [0.1, 0.15) is 22.6 Å². The number of methoxy groups -OCH3 is 2. The largest absolute Gasteiger partial charge is 0.495 e. The number of hydrogen-bond donors (Lipinski definition) is 1. The molecule has 0 radical (unpaired) electrons. The second-order valence-electron chi connectivity index (χ2n) is 3.80. The Kier molecular flexibility index (Phi) is 4.70. The summed E-state index contributed by atoms with van der Waals surface area (Å²) in [6, 6.07) is -0.568. The maximum atomic E-state index is 13.3. The van der Waals surface area contributed by atoms with Gasteiger partial charge in [-0.15, -0.1) is 0 Å². The molecule has 2 N–H and O–H groups in total. The molecule has 0 aliphatic heterocycles. The fourth-order valence-electron chi connectivity index (χ4n) is 1.53. The minimum atomic E-state index is -5.79. The van der Waals surface area contributed by atoms with Crippen molar-refractivity contribution in [3.63, 3.8) is 0 Å². The van der Waals surface area contributed by atoms with Crippen LogP contribution in [0.15, 0.2) is 12.1 Å². The number of hydrogen-bond acceptors (Lipinski definition) is 3. The first-order valence-electron chi connectivity index (χ1n) is 5.18. The summed E-state index contributed by atoms with van der Waals surface area (Å²) in [6.07, 6.45) is -5.79. The van der Waals surface area contributed by atoms with Gasteiger partial charge in [0.15, 0.2) is 0 Å². The van der Waals surface area contributed by atoms with E-state index in [1.165, 1.54) is 7.11 Å². The van der Waals surface area contributed by atoms with Gasteiger partial charge in [0, 0.05) is 5.56 Å². The average Bonchev–Trinajstić information content (AvgIpc) is 2.36. The lowest BCUT2D eigenvalue weighted by molar-refractivity contribution is -0.291. The average molecular weight is 320 g/mol. The first-order valence-corrected chi connectivity index (χ1v) is 5.56. The molecule has 1 unspecified atom stereocenters. The van der Waals surface area contributed by atoms with Crippen LogP contribution in [0.1, 0.15) is 11.6 Å². The highest BCUT2D eigenvalue weighted by Gasteiger charge is 2.62. The van der Waals surface area contributed by atoms with Crippen LogP contribution in [0.2, 0.25) is 5.02 Å². The normalized spacial score (nSPS) is 14.1. The van der Waals surface area contributed by atoms with E-state index in [2.05, 4.69) is 0 Å². The van der Waals surface area contributed by atoms with Crippen LogP contribution in [-0.4, -0.2) is 26.3 Å². The molecule has 9 heteroatoms. The fraction of sp³-hybridized carbons (Fsp3) is 0.455. The second kappa shape index (κ2) is 5.61. The predicted octanol–water partition coefficient (Wildman–Crippen LogP) is 3.55. The number of benzene rings is 1. The number of alkyl halides is 5. The van der Waals surface area contributed by atoms with Crippen molar-refractivity contribution in [2.75, 3.05) is 14.2 Å². The molecule has 114 valence electrons. The van der Waals surface area contributed by atoms with Crippen LogP contribution in [0.25, 0.3) is 0 Å². The van der Waals surface area contributed by atoms with E-state index in [0.29, 0.717) is 0 Å². The molecule has 1 rings (SSSR count).